The second kappa shape index (κ2) is 6.57. The number of nitrogens with two attached hydrogens (primary N) is 1. The molecule has 0 fully saturated rings. The lowest BCUT2D eigenvalue weighted by Crippen LogP contribution is -2.18. The summed E-state index contributed by atoms with van der Waals surface area (Å²) in [5.74, 6) is 0. The molecule has 94 valence electrons. The van der Waals surface area contributed by atoms with Gasteiger partial charge in [-0.1, -0.05) is 18.3 Å². The van der Waals surface area contributed by atoms with Crippen molar-refractivity contribution in [3.8, 4) is 0 Å². The fraction of sp³-hybridized carbons (Fsp3) is 0.462. The van der Waals surface area contributed by atoms with Crippen LogP contribution in [0.4, 0.5) is 5.69 Å². The molecular formula is C13H21N3S. The van der Waals surface area contributed by atoms with Crippen LogP contribution in [0, 0.1) is 6.92 Å². The quantitative estimate of drug-likeness (QED) is 0.599. The number of hydrogen-bond donors (Lipinski definition) is 2. The third-order valence-corrected chi connectivity index (χ3v) is 2.76. The predicted octanol–water partition coefficient (Wildman–Crippen LogP) is 1.99. The van der Waals surface area contributed by atoms with Crippen LogP contribution in [0.25, 0.3) is 0 Å². The molecule has 0 amide bonds. The van der Waals surface area contributed by atoms with E-state index in [1.54, 1.807) is 0 Å². The van der Waals surface area contributed by atoms with E-state index in [4.69, 9.17) is 18.0 Å². The number of hydrogen-bond acceptors (Lipinski definition) is 3. The lowest BCUT2D eigenvalue weighted by atomic mass is 10.1. The molecule has 0 saturated heterocycles. The molecule has 0 spiro atoms. The average molecular weight is 251 g/mol. The van der Waals surface area contributed by atoms with E-state index in [0.717, 1.165) is 30.8 Å². The Kier molecular flexibility index (Phi) is 5.38. The summed E-state index contributed by atoms with van der Waals surface area (Å²) in [5.41, 5.74) is 8.87. The smallest absolute Gasteiger partial charge is 0.106 e. The van der Waals surface area contributed by atoms with Crippen LogP contribution in [0.15, 0.2) is 18.2 Å². The van der Waals surface area contributed by atoms with Crippen molar-refractivity contribution in [2.24, 2.45) is 5.73 Å². The second-order valence-corrected chi connectivity index (χ2v) is 4.94. The first-order chi connectivity index (χ1) is 8.00. The molecule has 0 bridgehead atoms. The van der Waals surface area contributed by atoms with E-state index in [-0.39, 0.29) is 0 Å². The lowest BCUT2D eigenvalue weighted by Gasteiger charge is -2.13. The number of rotatable bonds is 6. The highest BCUT2D eigenvalue weighted by Crippen LogP contribution is 2.17. The van der Waals surface area contributed by atoms with Crippen molar-refractivity contribution in [3.05, 3.63) is 29.3 Å². The van der Waals surface area contributed by atoms with Crippen molar-refractivity contribution in [2.45, 2.75) is 13.3 Å². The van der Waals surface area contributed by atoms with Gasteiger partial charge < -0.3 is 16.0 Å². The van der Waals surface area contributed by atoms with E-state index in [1.165, 1.54) is 5.56 Å². The zero-order chi connectivity index (χ0) is 12.8. The largest absolute Gasteiger partial charge is 0.389 e. The van der Waals surface area contributed by atoms with Crippen LogP contribution in [-0.4, -0.2) is 37.1 Å². The van der Waals surface area contributed by atoms with Crippen LogP contribution in [0.1, 0.15) is 17.5 Å². The van der Waals surface area contributed by atoms with Gasteiger partial charge in [0.25, 0.3) is 0 Å². The predicted molar refractivity (Wildman–Crippen MR) is 78.7 cm³/mol. The maximum atomic E-state index is 5.70. The molecule has 0 unspecified atom stereocenters. The lowest BCUT2D eigenvalue weighted by molar-refractivity contribution is 0.405. The van der Waals surface area contributed by atoms with Gasteiger partial charge in [0.05, 0.1) is 0 Å². The molecule has 4 heteroatoms. The number of thiocarbonyl (C=S) groups is 1. The van der Waals surface area contributed by atoms with E-state index in [2.05, 4.69) is 37.3 Å². The second-order valence-electron chi connectivity index (χ2n) is 4.50. The van der Waals surface area contributed by atoms with Crippen molar-refractivity contribution >= 4 is 22.9 Å². The van der Waals surface area contributed by atoms with Crippen LogP contribution >= 0.6 is 12.2 Å². The first-order valence-corrected chi connectivity index (χ1v) is 6.20. The van der Waals surface area contributed by atoms with Gasteiger partial charge in [-0.05, 0) is 51.7 Å². The summed E-state index contributed by atoms with van der Waals surface area (Å²) in [6.07, 6.45) is 1.09. The van der Waals surface area contributed by atoms with E-state index in [9.17, 15) is 0 Å². The number of benzene rings is 1. The van der Waals surface area contributed by atoms with Crippen molar-refractivity contribution in [3.63, 3.8) is 0 Å². The number of nitrogens with one attached hydrogen (secondary N) is 1. The van der Waals surface area contributed by atoms with Gasteiger partial charge in [-0.15, -0.1) is 0 Å². The van der Waals surface area contributed by atoms with Gasteiger partial charge in [0, 0.05) is 17.8 Å². The maximum absolute atomic E-state index is 5.70. The molecule has 0 aromatic heterocycles. The summed E-state index contributed by atoms with van der Waals surface area (Å²) < 4.78 is 0. The Bertz CT molecular complexity index is 388. The Morgan fingerprint density at radius 1 is 1.41 bits per heavy atom. The fourth-order valence-corrected chi connectivity index (χ4v) is 1.82. The minimum Gasteiger partial charge on any atom is -0.389 e. The Hall–Kier alpha value is -1.13. The van der Waals surface area contributed by atoms with Gasteiger partial charge in [-0.2, -0.15) is 0 Å². The van der Waals surface area contributed by atoms with Crippen molar-refractivity contribution in [1.29, 1.82) is 0 Å². The van der Waals surface area contributed by atoms with Crippen molar-refractivity contribution in [2.75, 3.05) is 32.5 Å². The third-order valence-electron chi connectivity index (χ3n) is 2.54. The van der Waals surface area contributed by atoms with Crippen LogP contribution in [-0.2, 0) is 0 Å². The van der Waals surface area contributed by atoms with Gasteiger partial charge in [0.15, 0.2) is 0 Å². The topological polar surface area (TPSA) is 41.3 Å². The SMILES string of the molecule is Cc1ccc(C(N)=S)c(NCCCN(C)C)c1. The molecule has 0 aliphatic heterocycles. The number of nitrogens with zero attached hydrogens (tertiary/aromatic N) is 1. The van der Waals surface area contributed by atoms with Gasteiger partial charge in [-0.3, -0.25) is 0 Å². The Labute approximate surface area is 109 Å². The first-order valence-electron chi connectivity index (χ1n) is 5.80. The highest BCUT2D eigenvalue weighted by Gasteiger charge is 2.04. The summed E-state index contributed by atoms with van der Waals surface area (Å²) in [7, 11) is 4.15. The zero-order valence-corrected chi connectivity index (χ0v) is 11.6. The van der Waals surface area contributed by atoms with E-state index >= 15 is 0 Å². The summed E-state index contributed by atoms with van der Waals surface area (Å²) >= 11 is 5.04. The van der Waals surface area contributed by atoms with Crippen LogP contribution in [0.3, 0.4) is 0 Å². The molecule has 1 aromatic carbocycles. The molecule has 1 rings (SSSR count). The molecular weight excluding hydrogens is 230 g/mol. The molecule has 0 atom stereocenters. The Morgan fingerprint density at radius 3 is 2.71 bits per heavy atom. The number of aryl methyl sites for hydroxylation is 1. The standard InChI is InChI=1S/C13H21N3S/c1-10-5-6-11(13(14)17)12(9-10)15-7-4-8-16(2)3/h5-6,9,15H,4,7-8H2,1-3H3,(H2,14,17). The van der Waals surface area contributed by atoms with Crippen molar-refractivity contribution in [1.82, 2.24) is 4.90 Å². The van der Waals surface area contributed by atoms with Crippen LogP contribution < -0.4 is 11.1 Å². The molecule has 0 aliphatic rings. The van der Waals surface area contributed by atoms with Crippen molar-refractivity contribution < 1.29 is 0 Å². The number of anilines is 1. The highest BCUT2D eigenvalue weighted by molar-refractivity contribution is 7.80. The summed E-state index contributed by atoms with van der Waals surface area (Å²) in [6, 6.07) is 6.09. The van der Waals surface area contributed by atoms with Gasteiger partial charge >= 0.3 is 0 Å². The van der Waals surface area contributed by atoms with E-state index in [1.807, 2.05) is 12.1 Å². The minimum atomic E-state index is 0.445. The van der Waals surface area contributed by atoms with E-state index < -0.39 is 0 Å². The Morgan fingerprint density at radius 2 is 2.12 bits per heavy atom. The molecule has 1 aromatic rings. The molecule has 0 saturated carbocycles. The molecule has 3 N–H and O–H groups in total. The van der Waals surface area contributed by atoms with Gasteiger partial charge in [0.1, 0.15) is 4.99 Å². The molecule has 0 aliphatic carbocycles. The molecule has 17 heavy (non-hydrogen) atoms. The Balaban J connectivity index is 2.62. The monoisotopic (exact) mass is 251 g/mol. The van der Waals surface area contributed by atoms with Crippen LogP contribution in [0.2, 0.25) is 0 Å². The molecule has 0 heterocycles. The third kappa shape index (κ3) is 4.71. The average Bonchev–Trinajstić information content (AvgIpc) is 2.23. The van der Waals surface area contributed by atoms with E-state index in [0.29, 0.717) is 4.99 Å². The van der Waals surface area contributed by atoms with Crippen LogP contribution in [0.5, 0.6) is 0 Å². The van der Waals surface area contributed by atoms with Gasteiger partial charge in [-0.25, -0.2) is 0 Å². The first kappa shape index (κ1) is 13.9. The summed E-state index contributed by atoms with van der Waals surface area (Å²) in [6.45, 7) is 4.06. The normalized spacial score (nSPS) is 10.6. The summed E-state index contributed by atoms with van der Waals surface area (Å²) in [5, 5.41) is 3.40. The maximum Gasteiger partial charge on any atom is 0.106 e. The minimum absolute atomic E-state index is 0.445. The summed E-state index contributed by atoms with van der Waals surface area (Å²) in [4.78, 5) is 2.62. The van der Waals surface area contributed by atoms with Gasteiger partial charge in [0.2, 0.25) is 0 Å². The zero-order valence-electron chi connectivity index (χ0n) is 10.8. The fourth-order valence-electron chi connectivity index (χ4n) is 1.64. The molecule has 3 nitrogen and oxygen atoms in total. The highest BCUT2D eigenvalue weighted by atomic mass is 32.1. The molecule has 0 radical (unpaired) electrons.